The monoisotopic (exact) mass is 367 g/mol. The van der Waals surface area contributed by atoms with E-state index in [9.17, 15) is 0 Å². The molecule has 1 fully saturated rings. The maximum Gasteiger partial charge on any atom is 0.191 e. The van der Waals surface area contributed by atoms with E-state index in [2.05, 4.69) is 41.3 Å². The fourth-order valence-electron chi connectivity index (χ4n) is 2.97. The summed E-state index contributed by atoms with van der Waals surface area (Å²) >= 11 is 1.74. The zero-order valence-electron chi connectivity index (χ0n) is 16.1. The maximum atomic E-state index is 5.17. The Bertz CT molecular complexity index is 518. The first-order chi connectivity index (χ1) is 12.1. The number of methoxy groups -OCH3 is 1. The van der Waals surface area contributed by atoms with Crippen LogP contribution in [0.1, 0.15) is 35.3 Å². The Labute approximate surface area is 156 Å². The highest BCUT2D eigenvalue weighted by Crippen LogP contribution is 2.17. The van der Waals surface area contributed by atoms with Crippen molar-refractivity contribution in [3.8, 4) is 0 Å². The molecule has 2 N–H and O–H groups in total. The van der Waals surface area contributed by atoms with Gasteiger partial charge in [0.05, 0.1) is 18.8 Å². The number of rotatable bonds is 8. The normalized spacial score (nSPS) is 17.0. The van der Waals surface area contributed by atoms with Gasteiger partial charge < -0.3 is 20.3 Å². The first-order valence-electron chi connectivity index (χ1n) is 9.28. The fraction of sp³-hybridized carbons (Fsp3) is 0.778. The Morgan fingerprint density at radius 3 is 2.68 bits per heavy atom. The van der Waals surface area contributed by atoms with Crippen LogP contribution in [0.4, 0.5) is 0 Å². The molecule has 1 aromatic heterocycles. The number of aromatic nitrogens is 1. The van der Waals surface area contributed by atoms with Crippen LogP contribution in [-0.4, -0.2) is 62.3 Å². The molecular formula is C18H33N5OS. The lowest BCUT2D eigenvalue weighted by atomic mass is 9.97. The number of piperidine rings is 1. The molecule has 6 nitrogen and oxygen atoms in total. The van der Waals surface area contributed by atoms with Crippen molar-refractivity contribution in [1.82, 2.24) is 20.5 Å². The van der Waals surface area contributed by atoms with Gasteiger partial charge in [-0.1, -0.05) is 0 Å². The second kappa shape index (κ2) is 10.7. The number of hydrogen-bond acceptors (Lipinski definition) is 5. The van der Waals surface area contributed by atoms with Crippen molar-refractivity contribution in [2.45, 2.75) is 40.2 Å². The molecule has 0 aliphatic carbocycles. The van der Waals surface area contributed by atoms with Gasteiger partial charge in [-0.15, -0.1) is 11.3 Å². The van der Waals surface area contributed by atoms with Gasteiger partial charge in [-0.25, -0.2) is 9.98 Å². The van der Waals surface area contributed by atoms with Gasteiger partial charge in [0.1, 0.15) is 5.01 Å². The second-order valence-corrected chi connectivity index (χ2v) is 7.89. The Kier molecular flexibility index (Phi) is 8.64. The summed E-state index contributed by atoms with van der Waals surface area (Å²) in [5.41, 5.74) is 1.12. The average molecular weight is 368 g/mol. The molecule has 0 radical (unpaired) electrons. The maximum absolute atomic E-state index is 5.17. The van der Waals surface area contributed by atoms with Crippen molar-refractivity contribution in [2.24, 2.45) is 10.9 Å². The Morgan fingerprint density at radius 1 is 1.32 bits per heavy atom. The summed E-state index contributed by atoms with van der Waals surface area (Å²) in [5.74, 6) is 1.61. The Hall–Kier alpha value is -1.18. The lowest BCUT2D eigenvalue weighted by Gasteiger charge is -2.32. The number of likely N-dealkylation sites (tertiary alicyclic amines) is 1. The molecule has 1 aliphatic rings. The van der Waals surface area contributed by atoms with E-state index in [4.69, 9.17) is 9.73 Å². The highest BCUT2D eigenvalue weighted by molar-refractivity contribution is 7.11. The van der Waals surface area contributed by atoms with E-state index in [-0.39, 0.29) is 0 Å². The third-order valence-electron chi connectivity index (χ3n) is 4.67. The molecule has 7 heteroatoms. The summed E-state index contributed by atoms with van der Waals surface area (Å²) in [7, 11) is 1.77. The lowest BCUT2D eigenvalue weighted by Crippen LogP contribution is -2.43. The van der Waals surface area contributed by atoms with Crippen molar-refractivity contribution in [3.05, 3.63) is 15.6 Å². The van der Waals surface area contributed by atoms with Crippen LogP contribution in [0.25, 0.3) is 0 Å². The molecule has 142 valence electrons. The van der Waals surface area contributed by atoms with Gasteiger partial charge in [0.2, 0.25) is 0 Å². The van der Waals surface area contributed by atoms with Crippen molar-refractivity contribution in [1.29, 1.82) is 0 Å². The smallest absolute Gasteiger partial charge is 0.191 e. The van der Waals surface area contributed by atoms with Crippen molar-refractivity contribution in [2.75, 3.05) is 46.4 Å². The summed E-state index contributed by atoms with van der Waals surface area (Å²) in [5, 5.41) is 7.93. The topological polar surface area (TPSA) is 61.8 Å². The van der Waals surface area contributed by atoms with Gasteiger partial charge in [0, 0.05) is 31.6 Å². The van der Waals surface area contributed by atoms with E-state index in [1.165, 1.54) is 30.8 Å². The number of ether oxygens (including phenoxy) is 1. The zero-order chi connectivity index (χ0) is 18.1. The first-order valence-corrected chi connectivity index (χ1v) is 10.1. The van der Waals surface area contributed by atoms with E-state index < -0.39 is 0 Å². The van der Waals surface area contributed by atoms with E-state index in [0.717, 1.165) is 42.9 Å². The molecule has 1 aromatic rings. The van der Waals surface area contributed by atoms with Crippen LogP contribution < -0.4 is 10.6 Å². The van der Waals surface area contributed by atoms with E-state index >= 15 is 0 Å². The van der Waals surface area contributed by atoms with Crippen molar-refractivity contribution >= 4 is 17.3 Å². The molecule has 0 spiro atoms. The van der Waals surface area contributed by atoms with Gasteiger partial charge >= 0.3 is 0 Å². The molecule has 0 amide bonds. The van der Waals surface area contributed by atoms with E-state index in [0.29, 0.717) is 12.5 Å². The van der Waals surface area contributed by atoms with Crippen LogP contribution in [0.3, 0.4) is 0 Å². The minimum absolute atomic E-state index is 0.643. The fourth-order valence-corrected chi connectivity index (χ4v) is 3.83. The lowest BCUT2D eigenvalue weighted by molar-refractivity contribution is 0.121. The molecule has 0 aromatic carbocycles. The number of hydrogen-bond donors (Lipinski definition) is 2. The quantitative estimate of drug-likeness (QED) is 0.545. The molecule has 0 atom stereocenters. The van der Waals surface area contributed by atoms with Crippen LogP contribution in [0, 0.1) is 19.8 Å². The Balaban J connectivity index is 1.76. The number of thiazole rings is 1. The first kappa shape index (κ1) is 20.1. The van der Waals surface area contributed by atoms with Gasteiger partial charge in [-0.3, -0.25) is 0 Å². The predicted octanol–water partition coefficient (Wildman–Crippen LogP) is 2.17. The summed E-state index contributed by atoms with van der Waals surface area (Å²) in [6.07, 6.45) is 2.47. The standard InChI is InChI=1S/C18H33N5OS/c1-5-19-18(21-13-17-22-14(2)15(3)25-17)20-12-16-6-8-23(9-7-16)10-11-24-4/h16H,5-13H2,1-4H3,(H2,19,20,21). The number of aliphatic imine (C=N–C) groups is 1. The minimum atomic E-state index is 0.643. The van der Waals surface area contributed by atoms with Crippen LogP contribution in [-0.2, 0) is 11.3 Å². The molecule has 2 rings (SSSR count). The molecule has 0 bridgehead atoms. The summed E-state index contributed by atoms with van der Waals surface area (Å²) in [6.45, 7) is 13.0. The van der Waals surface area contributed by atoms with Crippen LogP contribution in [0.5, 0.6) is 0 Å². The SMILES string of the molecule is CCNC(=NCc1nc(C)c(C)s1)NCC1CCN(CCOC)CC1. The molecule has 1 aliphatic heterocycles. The number of guanidine groups is 1. The summed E-state index contributed by atoms with van der Waals surface area (Å²) in [6, 6.07) is 0. The molecule has 2 heterocycles. The van der Waals surface area contributed by atoms with Gasteiger partial charge in [-0.2, -0.15) is 0 Å². The molecule has 25 heavy (non-hydrogen) atoms. The molecule has 0 unspecified atom stereocenters. The second-order valence-electron chi connectivity index (χ2n) is 6.60. The molecule has 0 saturated carbocycles. The number of nitrogens with one attached hydrogen (secondary N) is 2. The van der Waals surface area contributed by atoms with Gasteiger partial charge in [0.25, 0.3) is 0 Å². The van der Waals surface area contributed by atoms with Crippen LogP contribution in [0.15, 0.2) is 4.99 Å². The summed E-state index contributed by atoms with van der Waals surface area (Å²) in [4.78, 5) is 13.0. The summed E-state index contributed by atoms with van der Waals surface area (Å²) < 4.78 is 5.17. The van der Waals surface area contributed by atoms with Crippen molar-refractivity contribution < 1.29 is 4.74 Å². The third kappa shape index (κ3) is 6.92. The number of aryl methyl sites for hydroxylation is 2. The Morgan fingerprint density at radius 2 is 2.08 bits per heavy atom. The highest BCUT2D eigenvalue weighted by atomic mass is 32.1. The van der Waals surface area contributed by atoms with Crippen LogP contribution >= 0.6 is 11.3 Å². The third-order valence-corrected chi connectivity index (χ3v) is 5.72. The highest BCUT2D eigenvalue weighted by Gasteiger charge is 2.19. The van der Waals surface area contributed by atoms with Crippen molar-refractivity contribution in [3.63, 3.8) is 0 Å². The average Bonchev–Trinajstić information content (AvgIpc) is 2.94. The molecule has 1 saturated heterocycles. The van der Waals surface area contributed by atoms with E-state index in [1.807, 2.05) is 0 Å². The van der Waals surface area contributed by atoms with Gasteiger partial charge in [0.15, 0.2) is 5.96 Å². The zero-order valence-corrected chi connectivity index (χ0v) is 16.9. The number of nitrogens with zero attached hydrogens (tertiary/aromatic N) is 3. The minimum Gasteiger partial charge on any atom is -0.383 e. The van der Waals surface area contributed by atoms with Crippen LogP contribution in [0.2, 0.25) is 0 Å². The van der Waals surface area contributed by atoms with E-state index in [1.54, 1.807) is 18.4 Å². The van der Waals surface area contributed by atoms with Gasteiger partial charge in [-0.05, 0) is 52.6 Å². The molecular weight excluding hydrogens is 334 g/mol. The largest absolute Gasteiger partial charge is 0.383 e. The predicted molar refractivity (Wildman–Crippen MR) is 105 cm³/mol.